The van der Waals surface area contributed by atoms with Gasteiger partial charge in [0.15, 0.2) is 0 Å². The summed E-state index contributed by atoms with van der Waals surface area (Å²) < 4.78 is 5.22. The number of carbonyl (C=O) groups is 2. The molecule has 1 aromatic carbocycles. The van der Waals surface area contributed by atoms with Gasteiger partial charge in [-0.15, -0.1) is 12.3 Å². The fourth-order valence-electron chi connectivity index (χ4n) is 1.41. The van der Waals surface area contributed by atoms with Crippen LogP contribution in [0, 0.1) is 12.3 Å². The Morgan fingerprint density at radius 1 is 1.37 bits per heavy atom. The normalized spacial score (nSPS) is 11.3. The van der Waals surface area contributed by atoms with Gasteiger partial charge in [0.2, 0.25) is 11.8 Å². The molecular weight excluding hydrogens is 244 g/mol. The SMILES string of the molecule is C#CC[C@H](NC(=O)COCc1ccccc1)C(N)=O. The van der Waals surface area contributed by atoms with Crippen molar-refractivity contribution in [3.8, 4) is 12.3 Å². The van der Waals surface area contributed by atoms with Crippen LogP contribution in [-0.2, 0) is 20.9 Å². The summed E-state index contributed by atoms with van der Waals surface area (Å²) in [5, 5.41) is 2.42. The molecular formula is C14H16N2O3. The second-order valence-corrected chi connectivity index (χ2v) is 3.91. The Morgan fingerprint density at radius 2 is 2.05 bits per heavy atom. The van der Waals surface area contributed by atoms with Gasteiger partial charge in [-0.2, -0.15) is 0 Å². The van der Waals surface area contributed by atoms with Gasteiger partial charge >= 0.3 is 0 Å². The first-order valence-corrected chi connectivity index (χ1v) is 5.77. The summed E-state index contributed by atoms with van der Waals surface area (Å²) in [6.45, 7) is 0.174. The van der Waals surface area contributed by atoms with Gasteiger partial charge in [0, 0.05) is 6.42 Å². The van der Waals surface area contributed by atoms with Gasteiger partial charge < -0.3 is 15.8 Å². The van der Waals surface area contributed by atoms with E-state index in [1.54, 1.807) is 0 Å². The summed E-state index contributed by atoms with van der Waals surface area (Å²) in [5.41, 5.74) is 6.06. The predicted octanol–water partition coefficient (Wildman–Crippen LogP) is 0.197. The van der Waals surface area contributed by atoms with E-state index in [-0.39, 0.29) is 13.0 Å². The number of amides is 2. The topological polar surface area (TPSA) is 81.4 Å². The van der Waals surface area contributed by atoms with Crippen molar-refractivity contribution in [3.05, 3.63) is 35.9 Å². The van der Waals surface area contributed by atoms with Crippen LogP contribution in [0.2, 0.25) is 0 Å². The van der Waals surface area contributed by atoms with Crippen molar-refractivity contribution in [2.24, 2.45) is 5.73 Å². The van der Waals surface area contributed by atoms with Crippen LogP contribution in [-0.4, -0.2) is 24.5 Å². The molecule has 0 unspecified atom stereocenters. The van der Waals surface area contributed by atoms with Crippen LogP contribution in [0.25, 0.3) is 0 Å². The number of terminal acetylenes is 1. The molecule has 1 atom stereocenters. The Morgan fingerprint density at radius 3 is 2.63 bits per heavy atom. The van der Waals surface area contributed by atoms with Crippen LogP contribution < -0.4 is 11.1 Å². The molecule has 0 aliphatic rings. The van der Waals surface area contributed by atoms with Crippen molar-refractivity contribution >= 4 is 11.8 Å². The molecule has 2 amide bonds. The summed E-state index contributed by atoms with van der Waals surface area (Å²) in [7, 11) is 0. The number of carbonyl (C=O) groups excluding carboxylic acids is 2. The van der Waals surface area contributed by atoms with Crippen molar-refractivity contribution in [3.63, 3.8) is 0 Å². The lowest BCUT2D eigenvalue weighted by atomic mass is 10.2. The first-order chi connectivity index (χ1) is 9.13. The second kappa shape index (κ2) is 7.90. The number of primary amides is 1. The molecule has 0 heterocycles. The van der Waals surface area contributed by atoms with E-state index >= 15 is 0 Å². The number of rotatable bonds is 7. The molecule has 1 aromatic rings. The van der Waals surface area contributed by atoms with Crippen LogP contribution in [0.5, 0.6) is 0 Å². The third kappa shape index (κ3) is 5.70. The Labute approximate surface area is 112 Å². The van der Waals surface area contributed by atoms with Gasteiger partial charge in [0.05, 0.1) is 6.61 Å². The number of hydrogen-bond acceptors (Lipinski definition) is 3. The first kappa shape index (κ1) is 14.7. The van der Waals surface area contributed by atoms with Crippen LogP contribution in [0.15, 0.2) is 30.3 Å². The van der Waals surface area contributed by atoms with Crippen LogP contribution >= 0.6 is 0 Å². The first-order valence-electron chi connectivity index (χ1n) is 5.77. The van der Waals surface area contributed by atoms with Gasteiger partial charge in [-0.05, 0) is 5.56 Å². The zero-order valence-corrected chi connectivity index (χ0v) is 10.5. The molecule has 19 heavy (non-hydrogen) atoms. The smallest absolute Gasteiger partial charge is 0.246 e. The van der Waals surface area contributed by atoms with E-state index in [1.807, 2.05) is 30.3 Å². The molecule has 0 spiro atoms. The lowest BCUT2D eigenvalue weighted by Gasteiger charge is -2.12. The Balaban J connectivity index is 2.31. The molecule has 1 rings (SSSR count). The Kier molecular flexibility index (Phi) is 6.13. The lowest BCUT2D eigenvalue weighted by Crippen LogP contribution is -2.45. The van der Waals surface area contributed by atoms with E-state index in [2.05, 4.69) is 11.2 Å². The fraction of sp³-hybridized carbons (Fsp3) is 0.286. The molecule has 0 aliphatic carbocycles. The Bertz CT molecular complexity index is 465. The van der Waals surface area contributed by atoms with Crippen molar-refractivity contribution in [1.29, 1.82) is 0 Å². The van der Waals surface area contributed by atoms with Crippen LogP contribution in [0.4, 0.5) is 0 Å². The standard InChI is InChI=1S/C14H16N2O3/c1-2-6-12(14(15)18)16-13(17)10-19-9-11-7-4-3-5-8-11/h1,3-5,7-8,12H,6,9-10H2,(H2,15,18)(H,16,17)/t12-/m0/s1. The molecule has 0 bridgehead atoms. The molecule has 0 radical (unpaired) electrons. The van der Waals surface area contributed by atoms with Crippen LogP contribution in [0.3, 0.4) is 0 Å². The fourth-order valence-corrected chi connectivity index (χ4v) is 1.41. The summed E-state index contributed by atoms with van der Waals surface area (Å²) in [5.74, 6) is 1.20. The molecule has 3 N–H and O–H groups in total. The largest absolute Gasteiger partial charge is 0.368 e. The second-order valence-electron chi connectivity index (χ2n) is 3.91. The highest BCUT2D eigenvalue weighted by Gasteiger charge is 2.16. The molecule has 5 heteroatoms. The third-order valence-corrected chi connectivity index (χ3v) is 2.35. The van der Waals surface area contributed by atoms with Crippen molar-refractivity contribution in [2.75, 3.05) is 6.61 Å². The number of ether oxygens (including phenoxy) is 1. The minimum Gasteiger partial charge on any atom is -0.368 e. The van der Waals surface area contributed by atoms with E-state index in [4.69, 9.17) is 16.9 Å². The zero-order chi connectivity index (χ0) is 14.1. The molecule has 0 fully saturated rings. The number of hydrogen-bond donors (Lipinski definition) is 2. The van der Waals surface area contributed by atoms with E-state index in [9.17, 15) is 9.59 Å². The van der Waals surface area contributed by atoms with Gasteiger partial charge in [0.25, 0.3) is 0 Å². The zero-order valence-electron chi connectivity index (χ0n) is 10.5. The molecule has 0 saturated carbocycles. The molecule has 0 aromatic heterocycles. The maximum atomic E-state index is 11.5. The number of benzene rings is 1. The molecule has 100 valence electrons. The maximum Gasteiger partial charge on any atom is 0.246 e. The van der Waals surface area contributed by atoms with Gasteiger partial charge in [0.1, 0.15) is 12.6 Å². The van der Waals surface area contributed by atoms with Gasteiger partial charge in [-0.25, -0.2) is 0 Å². The highest BCUT2D eigenvalue weighted by molar-refractivity contribution is 5.87. The van der Waals surface area contributed by atoms with Crippen molar-refractivity contribution in [1.82, 2.24) is 5.32 Å². The average Bonchev–Trinajstić information content (AvgIpc) is 2.39. The van der Waals surface area contributed by atoms with E-state index < -0.39 is 17.9 Å². The molecule has 5 nitrogen and oxygen atoms in total. The summed E-state index contributed by atoms with van der Waals surface area (Å²) in [6, 6.07) is 8.60. The number of nitrogens with two attached hydrogens (primary N) is 1. The molecule has 0 aliphatic heterocycles. The van der Waals surface area contributed by atoms with Crippen LogP contribution in [0.1, 0.15) is 12.0 Å². The quantitative estimate of drug-likeness (QED) is 0.687. The average molecular weight is 260 g/mol. The highest BCUT2D eigenvalue weighted by Crippen LogP contribution is 2.00. The van der Waals surface area contributed by atoms with Gasteiger partial charge in [-0.1, -0.05) is 30.3 Å². The maximum absolute atomic E-state index is 11.5. The van der Waals surface area contributed by atoms with Crippen molar-refractivity contribution < 1.29 is 14.3 Å². The third-order valence-electron chi connectivity index (χ3n) is 2.35. The number of nitrogens with one attached hydrogen (secondary N) is 1. The Hall–Kier alpha value is -2.32. The summed E-state index contributed by atoms with van der Waals surface area (Å²) in [4.78, 5) is 22.5. The monoisotopic (exact) mass is 260 g/mol. The van der Waals surface area contributed by atoms with Crippen molar-refractivity contribution in [2.45, 2.75) is 19.1 Å². The minimum atomic E-state index is -0.849. The van der Waals surface area contributed by atoms with E-state index in [0.717, 1.165) is 5.56 Å². The predicted molar refractivity (Wildman–Crippen MR) is 70.7 cm³/mol. The lowest BCUT2D eigenvalue weighted by molar-refractivity contribution is -0.130. The minimum absolute atomic E-state index is 0.0692. The van der Waals surface area contributed by atoms with E-state index in [0.29, 0.717) is 6.61 Å². The summed E-state index contributed by atoms with van der Waals surface area (Å²) >= 11 is 0. The summed E-state index contributed by atoms with van der Waals surface area (Å²) in [6.07, 6.45) is 5.15. The molecule has 0 saturated heterocycles. The van der Waals surface area contributed by atoms with Gasteiger partial charge in [-0.3, -0.25) is 9.59 Å². The highest BCUT2D eigenvalue weighted by atomic mass is 16.5. The van der Waals surface area contributed by atoms with E-state index in [1.165, 1.54) is 0 Å².